The quantitative estimate of drug-likeness (QED) is 0.363. The molecule has 1 N–H and O–H groups in total. The van der Waals surface area contributed by atoms with Gasteiger partial charge in [0.2, 0.25) is 5.91 Å². The van der Waals surface area contributed by atoms with Crippen molar-refractivity contribution in [1.29, 1.82) is 0 Å². The van der Waals surface area contributed by atoms with Crippen LogP contribution in [0, 0.1) is 10.1 Å². The van der Waals surface area contributed by atoms with E-state index in [1.165, 1.54) is 18.2 Å². The summed E-state index contributed by atoms with van der Waals surface area (Å²) < 4.78 is 5.46. The van der Waals surface area contributed by atoms with Gasteiger partial charge < -0.3 is 10.1 Å². The number of nitrogens with zero attached hydrogens (tertiary/aromatic N) is 1. The second kappa shape index (κ2) is 8.28. The van der Waals surface area contributed by atoms with Crippen molar-refractivity contribution in [1.82, 2.24) is 0 Å². The highest BCUT2D eigenvalue weighted by Gasteiger charge is 2.05. The highest BCUT2D eigenvalue weighted by atomic mass is 16.6. The lowest BCUT2D eigenvalue weighted by Crippen LogP contribution is -2.09. The summed E-state index contributed by atoms with van der Waals surface area (Å²) in [6.07, 6.45) is 4.55. The third kappa shape index (κ3) is 4.81. The number of nitrogens with one attached hydrogen (secondary N) is 1. The molecule has 0 saturated heterocycles. The molecule has 0 heterocycles. The molecule has 122 valence electrons. The van der Waals surface area contributed by atoms with E-state index in [4.69, 9.17) is 4.74 Å². The van der Waals surface area contributed by atoms with Gasteiger partial charge in [0, 0.05) is 18.2 Å². The fourth-order valence-electron chi connectivity index (χ4n) is 1.90. The van der Waals surface area contributed by atoms with E-state index < -0.39 is 4.92 Å². The van der Waals surface area contributed by atoms with Gasteiger partial charge in [0.15, 0.2) is 0 Å². The van der Waals surface area contributed by atoms with Crippen LogP contribution in [0.15, 0.2) is 67.3 Å². The SMILES string of the molecule is C=CCOc1ccccc1NC(=O)/C=C/c1ccc([N+](=O)[O-])cc1. The van der Waals surface area contributed by atoms with Crippen LogP contribution in [0.1, 0.15) is 5.56 Å². The number of benzene rings is 2. The Morgan fingerprint density at radius 1 is 1.21 bits per heavy atom. The highest BCUT2D eigenvalue weighted by molar-refractivity contribution is 6.02. The monoisotopic (exact) mass is 324 g/mol. The molecule has 2 rings (SSSR count). The van der Waals surface area contributed by atoms with Crippen LogP contribution in [0.25, 0.3) is 6.08 Å². The van der Waals surface area contributed by atoms with Crippen molar-refractivity contribution in [2.75, 3.05) is 11.9 Å². The van der Waals surface area contributed by atoms with Crippen LogP contribution in [-0.4, -0.2) is 17.4 Å². The van der Waals surface area contributed by atoms with Crippen LogP contribution < -0.4 is 10.1 Å². The van der Waals surface area contributed by atoms with Gasteiger partial charge in [-0.2, -0.15) is 0 Å². The second-order valence-electron chi connectivity index (χ2n) is 4.77. The molecule has 0 aromatic heterocycles. The topological polar surface area (TPSA) is 81.5 Å². The van der Waals surface area contributed by atoms with E-state index in [9.17, 15) is 14.9 Å². The molecule has 24 heavy (non-hydrogen) atoms. The number of amides is 1. The number of nitro benzene ring substituents is 1. The Morgan fingerprint density at radius 2 is 1.92 bits per heavy atom. The second-order valence-corrected chi connectivity index (χ2v) is 4.77. The van der Waals surface area contributed by atoms with Crippen LogP contribution in [0.2, 0.25) is 0 Å². The third-order valence-corrected chi connectivity index (χ3v) is 3.03. The molecule has 0 atom stereocenters. The first-order valence-electron chi connectivity index (χ1n) is 7.16. The molecular weight excluding hydrogens is 308 g/mol. The molecule has 0 fully saturated rings. The minimum absolute atomic E-state index is 0.00453. The Labute approximate surface area is 139 Å². The van der Waals surface area contributed by atoms with Crippen LogP contribution in [0.5, 0.6) is 5.75 Å². The van der Waals surface area contributed by atoms with Crippen molar-refractivity contribution < 1.29 is 14.5 Å². The van der Waals surface area contributed by atoms with Crippen molar-refractivity contribution in [3.63, 3.8) is 0 Å². The number of nitro groups is 1. The van der Waals surface area contributed by atoms with Gasteiger partial charge in [-0.25, -0.2) is 0 Å². The summed E-state index contributed by atoms with van der Waals surface area (Å²) in [6, 6.07) is 13.0. The average molecular weight is 324 g/mol. The summed E-state index contributed by atoms with van der Waals surface area (Å²) in [4.78, 5) is 22.1. The Hall–Kier alpha value is -3.41. The number of rotatable bonds is 7. The Kier molecular flexibility index (Phi) is 5.85. The van der Waals surface area contributed by atoms with Crippen molar-refractivity contribution in [2.24, 2.45) is 0 Å². The lowest BCUT2D eigenvalue weighted by atomic mass is 10.2. The summed E-state index contributed by atoms with van der Waals surface area (Å²) >= 11 is 0. The maximum absolute atomic E-state index is 12.0. The normalized spacial score (nSPS) is 10.3. The number of hydrogen-bond donors (Lipinski definition) is 1. The molecule has 6 heteroatoms. The first-order valence-corrected chi connectivity index (χ1v) is 7.16. The largest absolute Gasteiger partial charge is 0.487 e. The van der Waals surface area contributed by atoms with Crippen molar-refractivity contribution in [2.45, 2.75) is 0 Å². The predicted octanol–water partition coefficient (Wildman–Crippen LogP) is 3.81. The van der Waals surface area contributed by atoms with Gasteiger partial charge in [-0.15, -0.1) is 0 Å². The van der Waals surface area contributed by atoms with Crippen molar-refractivity contribution in [3.05, 3.63) is 82.9 Å². The van der Waals surface area contributed by atoms with Crippen LogP contribution in [0.3, 0.4) is 0 Å². The van der Waals surface area contributed by atoms with E-state index in [0.717, 1.165) is 0 Å². The molecule has 2 aromatic carbocycles. The fourth-order valence-corrected chi connectivity index (χ4v) is 1.90. The van der Waals surface area contributed by atoms with Gasteiger partial charge in [0.25, 0.3) is 5.69 Å². The van der Waals surface area contributed by atoms with Crippen LogP contribution in [-0.2, 0) is 4.79 Å². The summed E-state index contributed by atoms with van der Waals surface area (Å²) in [5.74, 6) is 0.220. The van der Waals surface area contributed by atoms with Gasteiger partial charge >= 0.3 is 0 Å². The van der Waals surface area contributed by atoms with E-state index >= 15 is 0 Å². The zero-order valence-corrected chi connectivity index (χ0v) is 12.8. The van der Waals surface area contributed by atoms with Crippen LogP contribution >= 0.6 is 0 Å². The molecule has 0 saturated carbocycles. The molecule has 6 nitrogen and oxygen atoms in total. The molecule has 2 aromatic rings. The highest BCUT2D eigenvalue weighted by Crippen LogP contribution is 2.23. The number of carbonyl (C=O) groups excluding carboxylic acids is 1. The molecule has 0 bridgehead atoms. The number of para-hydroxylation sites is 2. The average Bonchev–Trinajstić information content (AvgIpc) is 2.59. The predicted molar refractivity (Wildman–Crippen MR) is 92.9 cm³/mol. The van der Waals surface area contributed by atoms with Crippen molar-refractivity contribution >= 4 is 23.4 Å². The minimum atomic E-state index is -0.472. The third-order valence-electron chi connectivity index (χ3n) is 3.03. The molecule has 1 amide bonds. The smallest absolute Gasteiger partial charge is 0.269 e. The molecule has 0 aliphatic heterocycles. The van der Waals surface area contributed by atoms with Crippen molar-refractivity contribution in [3.8, 4) is 5.75 Å². The van der Waals surface area contributed by atoms with Gasteiger partial charge in [0.05, 0.1) is 10.6 Å². The summed E-state index contributed by atoms with van der Waals surface area (Å²) in [5.41, 5.74) is 1.24. The van der Waals surface area contributed by atoms with Gasteiger partial charge in [-0.1, -0.05) is 24.8 Å². The number of carbonyl (C=O) groups is 1. The van der Waals surface area contributed by atoms with E-state index in [0.29, 0.717) is 23.6 Å². The summed E-state index contributed by atoms with van der Waals surface area (Å²) in [6.45, 7) is 3.92. The molecule has 0 aliphatic carbocycles. The van der Waals surface area contributed by atoms with Crippen LogP contribution in [0.4, 0.5) is 11.4 Å². The zero-order chi connectivity index (χ0) is 17.4. The molecule has 0 unspecified atom stereocenters. The number of ether oxygens (including phenoxy) is 1. The lowest BCUT2D eigenvalue weighted by molar-refractivity contribution is -0.384. The minimum Gasteiger partial charge on any atom is -0.487 e. The summed E-state index contributed by atoms with van der Waals surface area (Å²) in [5, 5.41) is 13.3. The first-order chi connectivity index (χ1) is 11.6. The Balaban J connectivity index is 2.02. The van der Waals surface area contributed by atoms with Gasteiger partial charge in [-0.3, -0.25) is 14.9 Å². The molecule has 0 aliphatic rings. The molecular formula is C18H16N2O4. The molecule has 0 spiro atoms. The zero-order valence-electron chi connectivity index (χ0n) is 12.8. The van der Waals surface area contributed by atoms with E-state index in [2.05, 4.69) is 11.9 Å². The number of hydrogen-bond acceptors (Lipinski definition) is 4. The fraction of sp³-hybridized carbons (Fsp3) is 0.0556. The van der Waals surface area contributed by atoms with E-state index in [1.54, 1.807) is 48.6 Å². The lowest BCUT2D eigenvalue weighted by Gasteiger charge is -2.09. The number of non-ortho nitro benzene ring substituents is 1. The maximum Gasteiger partial charge on any atom is 0.269 e. The first kappa shape index (κ1) is 17.0. The Morgan fingerprint density at radius 3 is 2.58 bits per heavy atom. The van der Waals surface area contributed by atoms with E-state index in [1.807, 2.05) is 0 Å². The van der Waals surface area contributed by atoms with Gasteiger partial charge in [-0.05, 0) is 35.9 Å². The molecule has 0 radical (unpaired) electrons. The van der Waals surface area contributed by atoms with Gasteiger partial charge in [0.1, 0.15) is 12.4 Å². The number of anilines is 1. The maximum atomic E-state index is 12.0. The Bertz CT molecular complexity index is 767. The van der Waals surface area contributed by atoms with E-state index in [-0.39, 0.29) is 11.6 Å². The standard InChI is InChI=1S/C18H16N2O4/c1-2-13-24-17-6-4-3-5-16(17)19-18(21)12-9-14-7-10-15(11-8-14)20(22)23/h2-12H,1,13H2,(H,19,21)/b12-9+. The summed E-state index contributed by atoms with van der Waals surface area (Å²) in [7, 11) is 0.